The van der Waals surface area contributed by atoms with Gasteiger partial charge in [0.15, 0.2) is 5.78 Å². The molecular formula is C20H19ClN2O2. The number of nitrogens with one attached hydrogen (secondary N) is 1. The Morgan fingerprint density at radius 1 is 1.08 bits per heavy atom. The lowest BCUT2D eigenvalue weighted by atomic mass is 9.92. The first-order valence-electron chi connectivity index (χ1n) is 7.95. The molecule has 5 heteroatoms. The zero-order chi connectivity index (χ0) is 18.4. The average molecular weight is 355 g/mol. The van der Waals surface area contributed by atoms with Crippen LogP contribution in [0, 0.1) is 6.92 Å². The number of aromatic amines is 1. The van der Waals surface area contributed by atoms with Gasteiger partial charge in [-0.2, -0.15) is 0 Å². The number of halogens is 1. The third kappa shape index (κ3) is 3.23. The number of ketones is 1. The van der Waals surface area contributed by atoms with Gasteiger partial charge in [-0.05, 0) is 50.6 Å². The normalized spacial score (nSPS) is 11.7. The molecule has 0 amide bonds. The summed E-state index contributed by atoms with van der Waals surface area (Å²) in [5.74, 6) is -0.220. The van der Waals surface area contributed by atoms with Crippen molar-refractivity contribution in [2.45, 2.75) is 26.3 Å². The molecule has 4 nitrogen and oxygen atoms in total. The van der Waals surface area contributed by atoms with Gasteiger partial charge in [0.2, 0.25) is 0 Å². The fourth-order valence-electron chi connectivity index (χ4n) is 2.86. The van der Waals surface area contributed by atoms with Crippen LogP contribution in [0.3, 0.4) is 0 Å². The minimum absolute atomic E-state index is 0.212. The van der Waals surface area contributed by atoms with Crippen LogP contribution >= 0.6 is 11.6 Å². The number of carbonyl (C=O) groups excluding carboxylic acids is 1. The van der Waals surface area contributed by atoms with Crippen LogP contribution in [-0.4, -0.2) is 10.8 Å². The maximum Gasteiger partial charge on any atom is 0.256 e. The molecule has 0 radical (unpaired) electrons. The molecule has 0 saturated carbocycles. The monoisotopic (exact) mass is 354 g/mol. The van der Waals surface area contributed by atoms with E-state index >= 15 is 0 Å². The molecule has 3 N–H and O–H groups in total. The van der Waals surface area contributed by atoms with E-state index in [1.807, 2.05) is 19.9 Å². The highest BCUT2D eigenvalue weighted by atomic mass is 35.5. The van der Waals surface area contributed by atoms with Gasteiger partial charge in [-0.3, -0.25) is 9.59 Å². The number of fused-ring (bicyclic) bond motifs is 1. The second-order valence-electron chi connectivity index (χ2n) is 6.79. The predicted molar refractivity (Wildman–Crippen MR) is 101 cm³/mol. The SMILES string of the molecule is Cc1cc2c(C(=O)c3ccc(C(C)(C)N)cc3Cl)cccc2c(=O)[nH]1. The number of rotatable bonds is 3. The van der Waals surface area contributed by atoms with Gasteiger partial charge in [0.1, 0.15) is 0 Å². The van der Waals surface area contributed by atoms with Gasteiger partial charge < -0.3 is 10.7 Å². The lowest BCUT2D eigenvalue weighted by Crippen LogP contribution is -2.28. The van der Waals surface area contributed by atoms with Crippen LogP contribution in [0.25, 0.3) is 10.8 Å². The molecule has 3 rings (SSSR count). The first kappa shape index (κ1) is 17.4. The van der Waals surface area contributed by atoms with Gasteiger partial charge >= 0.3 is 0 Å². The average Bonchev–Trinajstić information content (AvgIpc) is 2.52. The number of nitrogens with two attached hydrogens (primary N) is 1. The van der Waals surface area contributed by atoms with Crippen LogP contribution in [0.1, 0.15) is 41.0 Å². The maximum absolute atomic E-state index is 13.0. The molecule has 0 bridgehead atoms. The molecule has 0 fully saturated rings. The van der Waals surface area contributed by atoms with Crippen LogP contribution < -0.4 is 11.3 Å². The van der Waals surface area contributed by atoms with Crippen LogP contribution in [0.2, 0.25) is 5.02 Å². The summed E-state index contributed by atoms with van der Waals surface area (Å²) in [6, 6.07) is 12.1. The van der Waals surface area contributed by atoms with E-state index < -0.39 is 5.54 Å². The van der Waals surface area contributed by atoms with Crippen molar-refractivity contribution in [3.8, 4) is 0 Å². The Labute approximate surface area is 150 Å². The maximum atomic E-state index is 13.0. The van der Waals surface area contributed by atoms with E-state index in [9.17, 15) is 9.59 Å². The molecule has 3 aromatic rings. The van der Waals surface area contributed by atoms with E-state index in [0.717, 1.165) is 5.56 Å². The van der Waals surface area contributed by atoms with Gasteiger partial charge in [-0.1, -0.05) is 29.8 Å². The summed E-state index contributed by atoms with van der Waals surface area (Å²) in [6.45, 7) is 5.53. The minimum atomic E-state index is -0.547. The number of aryl methyl sites for hydroxylation is 1. The topological polar surface area (TPSA) is 76.0 Å². The second-order valence-corrected chi connectivity index (χ2v) is 7.20. The summed E-state index contributed by atoms with van der Waals surface area (Å²) in [4.78, 5) is 27.9. The molecule has 25 heavy (non-hydrogen) atoms. The Balaban J connectivity index is 2.17. The number of H-pyrrole nitrogens is 1. The van der Waals surface area contributed by atoms with Gasteiger partial charge in [0.25, 0.3) is 5.56 Å². The summed E-state index contributed by atoms with van der Waals surface area (Å²) >= 11 is 6.35. The fraction of sp³-hybridized carbons (Fsp3) is 0.200. The number of hydrogen-bond acceptors (Lipinski definition) is 3. The summed E-state index contributed by atoms with van der Waals surface area (Å²) < 4.78 is 0. The summed E-state index contributed by atoms with van der Waals surface area (Å²) in [5.41, 5.74) is 7.72. The molecule has 0 saturated heterocycles. The van der Waals surface area contributed by atoms with Crippen molar-refractivity contribution in [2.24, 2.45) is 5.73 Å². The number of benzene rings is 2. The number of pyridine rings is 1. The summed E-state index contributed by atoms with van der Waals surface area (Å²) in [5, 5.41) is 1.44. The highest BCUT2D eigenvalue weighted by Crippen LogP contribution is 2.27. The molecule has 1 heterocycles. The van der Waals surface area contributed by atoms with Crippen molar-refractivity contribution in [1.29, 1.82) is 0 Å². The van der Waals surface area contributed by atoms with Crippen LogP contribution in [0.15, 0.2) is 47.3 Å². The number of carbonyl (C=O) groups is 1. The van der Waals surface area contributed by atoms with Gasteiger partial charge in [-0.15, -0.1) is 0 Å². The Kier molecular flexibility index (Phi) is 4.27. The van der Waals surface area contributed by atoms with E-state index in [2.05, 4.69) is 4.98 Å². The van der Waals surface area contributed by atoms with Crippen LogP contribution in [0.4, 0.5) is 0 Å². The standard InChI is InChI=1S/C20H19ClN2O2/c1-11-9-16-13(5-4-6-14(16)19(25)23-11)18(24)15-8-7-12(10-17(15)21)20(2,3)22/h4-10H,22H2,1-3H3,(H,23,25). The van der Waals surface area contributed by atoms with Crippen LogP contribution in [-0.2, 0) is 5.54 Å². The highest BCUT2D eigenvalue weighted by Gasteiger charge is 2.20. The Hall–Kier alpha value is -2.43. The zero-order valence-corrected chi connectivity index (χ0v) is 15.1. The highest BCUT2D eigenvalue weighted by molar-refractivity contribution is 6.35. The Bertz CT molecular complexity index is 1050. The van der Waals surface area contributed by atoms with E-state index in [0.29, 0.717) is 32.6 Å². The molecular weight excluding hydrogens is 336 g/mol. The Morgan fingerprint density at radius 3 is 2.44 bits per heavy atom. The molecule has 1 aromatic heterocycles. The number of aromatic nitrogens is 1. The van der Waals surface area contributed by atoms with E-state index in [1.54, 1.807) is 43.3 Å². The third-order valence-corrected chi connectivity index (χ3v) is 4.54. The quantitative estimate of drug-likeness (QED) is 0.700. The first-order valence-corrected chi connectivity index (χ1v) is 8.32. The van der Waals surface area contributed by atoms with Gasteiger partial charge in [0.05, 0.1) is 5.02 Å². The molecule has 0 atom stereocenters. The zero-order valence-electron chi connectivity index (χ0n) is 14.3. The molecule has 2 aromatic carbocycles. The summed E-state index contributed by atoms with van der Waals surface area (Å²) in [6.07, 6.45) is 0. The van der Waals surface area contributed by atoms with E-state index in [1.165, 1.54) is 0 Å². The first-order chi connectivity index (χ1) is 11.7. The lowest BCUT2D eigenvalue weighted by Gasteiger charge is -2.20. The molecule has 0 spiro atoms. The number of hydrogen-bond donors (Lipinski definition) is 2. The van der Waals surface area contributed by atoms with Crippen molar-refractivity contribution in [2.75, 3.05) is 0 Å². The van der Waals surface area contributed by atoms with Crippen LogP contribution in [0.5, 0.6) is 0 Å². The largest absolute Gasteiger partial charge is 0.326 e. The smallest absolute Gasteiger partial charge is 0.256 e. The summed E-state index contributed by atoms with van der Waals surface area (Å²) in [7, 11) is 0. The van der Waals surface area contributed by atoms with Crippen molar-refractivity contribution in [3.05, 3.63) is 80.2 Å². The molecule has 0 aliphatic carbocycles. The predicted octanol–water partition coefficient (Wildman–Crippen LogP) is 3.91. The lowest BCUT2D eigenvalue weighted by molar-refractivity contribution is 0.104. The molecule has 0 unspecified atom stereocenters. The van der Waals surface area contributed by atoms with Crippen molar-refractivity contribution in [3.63, 3.8) is 0 Å². The van der Waals surface area contributed by atoms with Crippen molar-refractivity contribution >= 4 is 28.2 Å². The van der Waals surface area contributed by atoms with Gasteiger partial charge in [-0.25, -0.2) is 0 Å². The minimum Gasteiger partial charge on any atom is -0.326 e. The fourth-order valence-corrected chi connectivity index (χ4v) is 3.13. The van der Waals surface area contributed by atoms with Crippen molar-refractivity contribution < 1.29 is 4.79 Å². The second kappa shape index (κ2) is 6.14. The third-order valence-electron chi connectivity index (χ3n) is 4.22. The van der Waals surface area contributed by atoms with E-state index in [-0.39, 0.29) is 11.3 Å². The van der Waals surface area contributed by atoms with Gasteiger partial charge in [0, 0.05) is 33.1 Å². The molecule has 128 valence electrons. The molecule has 0 aliphatic heterocycles. The van der Waals surface area contributed by atoms with Crippen molar-refractivity contribution in [1.82, 2.24) is 4.98 Å². The molecule has 0 aliphatic rings. The Morgan fingerprint density at radius 2 is 1.80 bits per heavy atom. The van der Waals surface area contributed by atoms with E-state index in [4.69, 9.17) is 17.3 Å².